The Labute approximate surface area is 221 Å². The smallest absolute Gasteiger partial charge is 0.141 e. The van der Waals surface area contributed by atoms with Crippen molar-refractivity contribution in [2.24, 2.45) is 0 Å². The Hall–Kier alpha value is -3.49. The zero-order valence-electron chi connectivity index (χ0n) is 22.3. The Bertz CT molecular complexity index is 1080. The fourth-order valence-electron chi connectivity index (χ4n) is 4.68. The normalized spacial score (nSPS) is 18.8. The summed E-state index contributed by atoms with van der Waals surface area (Å²) >= 11 is 0. The maximum atomic E-state index is 8.87. The summed E-state index contributed by atoms with van der Waals surface area (Å²) in [5.41, 5.74) is 7.76. The van der Waals surface area contributed by atoms with Crippen LogP contribution in [-0.2, 0) is 0 Å². The minimum absolute atomic E-state index is 0.280. The molecule has 5 N–H and O–H groups in total. The molecule has 2 saturated heterocycles. The van der Waals surface area contributed by atoms with Crippen LogP contribution in [0.25, 0.3) is 0 Å². The molecule has 1 aromatic heterocycles. The summed E-state index contributed by atoms with van der Waals surface area (Å²) in [5, 5.41) is 15.9. The molecular formula is C29H41N7O. The quantitative estimate of drug-likeness (QED) is 0.222. The molecule has 2 fully saturated rings. The maximum absolute atomic E-state index is 8.87. The molecule has 0 aliphatic carbocycles. The predicted molar refractivity (Wildman–Crippen MR) is 153 cm³/mol. The second kappa shape index (κ2) is 14.3. The third-order valence-corrected chi connectivity index (χ3v) is 6.54. The molecule has 198 valence electrons. The van der Waals surface area contributed by atoms with E-state index in [1.54, 1.807) is 12.2 Å². The van der Waals surface area contributed by atoms with E-state index >= 15 is 0 Å². The molecule has 0 bridgehead atoms. The molecule has 0 saturated carbocycles. The van der Waals surface area contributed by atoms with Gasteiger partial charge in [0, 0.05) is 37.3 Å². The van der Waals surface area contributed by atoms with Gasteiger partial charge in [-0.05, 0) is 69.1 Å². The molecule has 1 atom stereocenters. The minimum Gasteiger partial charge on any atom is -0.457 e. The van der Waals surface area contributed by atoms with Gasteiger partial charge in [-0.15, -0.1) is 0 Å². The van der Waals surface area contributed by atoms with Crippen LogP contribution in [0.2, 0.25) is 0 Å². The van der Waals surface area contributed by atoms with Gasteiger partial charge in [-0.2, -0.15) is 0 Å². The van der Waals surface area contributed by atoms with E-state index in [2.05, 4.69) is 32.1 Å². The average Bonchev–Trinajstić information content (AvgIpc) is 3.46. The van der Waals surface area contributed by atoms with Crippen molar-refractivity contribution in [3.05, 3.63) is 78.4 Å². The predicted octanol–water partition coefficient (Wildman–Crippen LogP) is 4.76. The molecule has 2 aromatic rings. The van der Waals surface area contributed by atoms with Gasteiger partial charge in [0.05, 0.1) is 11.3 Å². The molecule has 8 heteroatoms. The van der Waals surface area contributed by atoms with E-state index in [0.717, 1.165) is 39.0 Å². The lowest BCUT2D eigenvalue weighted by atomic mass is 10.0. The zero-order valence-corrected chi connectivity index (χ0v) is 22.3. The van der Waals surface area contributed by atoms with Crippen LogP contribution in [0.3, 0.4) is 0 Å². The molecule has 0 amide bonds. The summed E-state index contributed by atoms with van der Waals surface area (Å²) in [6, 6.07) is 8.32. The van der Waals surface area contributed by atoms with Crippen molar-refractivity contribution in [3.63, 3.8) is 0 Å². The van der Waals surface area contributed by atoms with Crippen LogP contribution in [0.15, 0.2) is 67.2 Å². The van der Waals surface area contributed by atoms with E-state index in [1.165, 1.54) is 12.7 Å². The molecule has 3 heterocycles. The third kappa shape index (κ3) is 7.50. The first-order chi connectivity index (χ1) is 18.1. The Morgan fingerprint density at radius 1 is 1.19 bits per heavy atom. The lowest BCUT2D eigenvalue weighted by Crippen LogP contribution is -2.45. The van der Waals surface area contributed by atoms with Crippen molar-refractivity contribution >= 4 is 17.3 Å². The first kappa shape index (κ1) is 28.1. The standard InChI is InChI=1S/C27H35N7O.C2H6/c1-3-5-22(6-4-2)35-23-9-7-19(8-10-23)25(28)24-26(29)31-18-32-27(24)33-20-12-15-34(16-13-20)21-11-14-30-17-21;1-2/h3-10,18,20-21,28,30H,1,11-17H2,2H3,(H3,29,31,32,33);1-2H3/b6-4-,22-5+,28-25?;. The van der Waals surface area contributed by atoms with Crippen LogP contribution in [0.4, 0.5) is 11.6 Å². The number of ether oxygens (including phenoxy) is 1. The van der Waals surface area contributed by atoms with Gasteiger partial charge in [-0.1, -0.05) is 32.6 Å². The molecule has 0 radical (unpaired) electrons. The third-order valence-electron chi connectivity index (χ3n) is 6.54. The molecule has 37 heavy (non-hydrogen) atoms. The summed E-state index contributed by atoms with van der Waals surface area (Å²) in [7, 11) is 0. The Balaban J connectivity index is 0.00000186. The maximum Gasteiger partial charge on any atom is 0.141 e. The fraction of sp³-hybridized carbons (Fsp3) is 0.414. The van der Waals surface area contributed by atoms with Gasteiger partial charge in [0.25, 0.3) is 0 Å². The summed E-state index contributed by atoms with van der Waals surface area (Å²) in [4.78, 5) is 11.2. The highest BCUT2D eigenvalue weighted by atomic mass is 16.5. The second-order valence-corrected chi connectivity index (χ2v) is 8.89. The van der Waals surface area contributed by atoms with Crippen LogP contribution in [-0.4, -0.2) is 58.8 Å². The SMILES string of the molecule is C=C/C=C(\C=C/C)Oc1ccc(C(=N)c2c(N)ncnc2NC2CCN(C3CCNC3)CC2)cc1.CC. The van der Waals surface area contributed by atoms with Crippen LogP contribution >= 0.6 is 0 Å². The van der Waals surface area contributed by atoms with Gasteiger partial charge in [-0.25, -0.2) is 9.97 Å². The number of allylic oxidation sites excluding steroid dienone is 4. The minimum atomic E-state index is 0.280. The Kier molecular flexibility index (Phi) is 10.9. The number of hydrogen-bond acceptors (Lipinski definition) is 8. The van der Waals surface area contributed by atoms with E-state index in [-0.39, 0.29) is 5.71 Å². The van der Waals surface area contributed by atoms with Crippen molar-refractivity contribution in [2.75, 3.05) is 37.2 Å². The number of nitrogens with zero attached hydrogens (tertiary/aromatic N) is 3. The van der Waals surface area contributed by atoms with Gasteiger partial charge >= 0.3 is 0 Å². The topological polar surface area (TPSA) is 112 Å². The molecule has 8 nitrogen and oxygen atoms in total. The number of anilines is 2. The Morgan fingerprint density at radius 2 is 1.92 bits per heavy atom. The molecular weight excluding hydrogens is 462 g/mol. The second-order valence-electron chi connectivity index (χ2n) is 8.89. The average molecular weight is 504 g/mol. The Morgan fingerprint density at radius 3 is 2.54 bits per heavy atom. The number of rotatable bonds is 9. The number of nitrogens with one attached hydrogen (secondary N) is 3. The van der Waals surface area contributed by atoms with Gasteiger partial charge < -0.3 is 21.1 Å². The van der Waals surface area contributed by atoms with Crippen molar-refractivity contribution in [3.8, 4) is 5.75 Å². The number of hydrogen-bond donors (Lipinski definition) is 4. The van der Waals surface area contributed by atoms with Crippen molar-refractivity contribution in [1.29, 1.82) is 5.41 Å². The lowest BCUT2D eigenvalue weighted by Gasteiger charge is -2.36. The molecule has 2 aliphatic heterocycles. The molecule has 0 spiro atoms. The van der Waals surface area contributed by atoms with Gasteiger partial charge in [-0.3, -0.25) is 10.3 Å². The van der Waals surface area contributed by atoms with Crippen LogP contribution in [0.5, 0.6) is 5.75 Å². The molecule has 2 aliphatic rings. The van der Waals surface area contributed by atoms with Crippen molar-refractivity contribution in [1.82, 2.24) is 20.2 Å². The number of nitrogen functional groups attached to an aromatic ring is 1. The number of piperidine rings is 1. The molecule has 4 rings (SSSR count). The van der Waals surface area contributed by atoms with E-state index in [0.29, 0.717) is 46.4 Å². The zero-order chi connectivity index (χ0) is 26.6. The first-order valence-corrected chi connectivity index (χ1v) is 13.2. The van der Waals surface area contributed by atoms with E-state index in [9.17, 15) is 0 Å². The fourth-order valence-corrected chi connectivity index (χ4v) is 4.68. The largest absolute Gasteiger partial charge is 0.457 e. The highest BCUT2D eigenvalue weighted by Crippen LogP contribution is 2.26. The number of benzene rings is 1. The van der Waals surface area contributed by atoms with Crippen LogP contribution < -0.4 is 21.1 Å². The first-order valence-electron chi connectivity index (χ1n) is 13.2. The number of aromatic nitrogens is 2. The van der Waals surface area contributed by atoms with E-state index in [1.807, 2.05) is 57.2 Å². The number of nitrogens with two attached hydrogens (primary N) is 1. The highest BCUT2D eigenvalue weighted by Gasteiger charge is 2.28. The van der Waals surface area contributed by atoms with E-state index < -0.39 is 0 Å². The van der Waals surface area contributed by atoms with Crippen molar-refractivity contribution in [2.45, 2.75) is 52.1 Å². The van der Waals surface area contributed by atoms with E-state index in [4.69, 9.17) is 15.9 Å². The monoisotopic (exact) mass is 503 g/mol. The molecule has 1 unspecified atom stereocenters. The van der Waals surface area contributed by atoms with Crippen LogP contribution in [0, 0.1) is 5.41 Å². The summed E-state index contributed by atoms with van der Waals surface area (Å²) in [6.45, 7) is 14.0. The van der Waals surface area contributed by atoms with Crippen LogP contribution in [0.1, 0.15) is 51.2 Å². The molecule has 1 aromatic carbocycles. The summed E-state index contributed by atoms with van der Waals surface area (Å²) < 4.78 is 5.89. The van der Waals surface area contributed by atoms with Crippen molar-refractivity contribution < 1.29 is 4.74 Å². The summed E-state index contributed by atoms with van der Waals surface area (Å²) in [6.07, 6.45) is 12.0. The highest BCUT2D eigenvalue weighted by molar-refractivity contribution is 6.16. The summed E-state index contributed by atoms with van der Waals surface area (Å²) in [5.74, 6) is 2.28. The number of likely N-dealkylation sites (tertiary alicyclic amines) is 1. The van der Waals surface area contributed by atoms with Gasteiger partial charge in [0.2, 0.25) is 0 Å². The van der Waals surface area contributed by atoms with Gasteiger partial charge in [0.15, 0.2) is 0 Å². The lowest BCUT2D eigenvalue weighted by molar-refractivity contribution is 0.166. The van der Waals surface area contributed by atoms with Gasteiger partial charge in [0.1, 0.15) is 29.5 Å².